The number of rotatable bonds is 3. The highest BCUT2D eigenvalue weighted by molar-refractivity contribution is 7.01. The first-order chi connectivity index (χ1) is 23.3. The van der Waals surface area contributed by atoms with Gasteiger partial charge in [0, 0.05) is 44.9 Å². The third-order valence-electron chi connectivity index (χ3n) is 10.1. The smallest absolute Gasteiger partial charge is 0.261 e. The van der Waals surface area contributed by atoms with Gasteiger partial charge in [0.2, 0.25) is 0 Å². The van der Waals surface area contributed by atoms with E-state index in [0.29, 0.717) is 0 Å². The summed E-state index contributed by atoms with van der Waals surface area (Å²) in [5, 5.41) is 2.51. The molecule has 47 heavy (non-hydrogen) atoms. The monoisotopic (exact) mass is 599 g/mol. The molecule has 4 nitrogen and oxygen atoms in total. The van der Waals surface area contributed by atoms with Crippen LogP contribution in [-0.2, 0) is 0 Å². The summed E-state index contributed by atoms with van der Waals surface area (Å²) in [5.41, 5.74) is 14.2. The molecule has 4 heterocycles. The van der Waals surface area contributed by atoms with Crippen LogP contribution in [0.2, 0.25) is 0 Å². The number of fused-ring (bicyclic) bond motifs is 3. The van der Waals surface area contributed by atoms with Crippen molar-refractivity contribution in [3.05, 3.63) is 158 Å². The second-order valence-electron chi connectivity index (χ2n) is 12.5. The standard InChI is InChI=1S/C42H26BN3O/c1-3-13-27(14-4-1)44-34-21-11-23-38-41(34)43-40-36(44)25-29(46-32-19-9-7-17-30(32)31-18-8-10-20-33(31)46)26-37(40)45(28-15-5-2-6-16-28)35-22-12-24-39(47-38)42(35)43/h1-26H. The highest BCUT2D eigenvalue weighted by Gasteiger charge is 2.48. The van der Waals surface area contributed by atoms with Gasteiger partial charge in [-0.2, -0.15) is 0 Å². The molecule has 11 rings (SSSR count). The van der Waals surface area contributed by atoms with Gasteiger partial charge in [-0.05, 0) is 89.2 Å². The van der Waals surface area contributed by atoms with Gasteiger partial charge in [-0.1, -0.05) is 84.9 Å². The van der Waals surface area contributed by atoms with Crippen LogP contribution in [-0.4, -0.2) is 11.3 Å². The summed E-state index contributed by atoms with van der Waals surface area (Å²) in [6, 6.07) is 56.8. The Morgan fingerprint density at radius 3 is 1.36 bits per heavy atom. The van der Waals surface area contributed by atoms with Crippen molar-refractivity contribution in [3.8, 4) is 17.2 Å². The van der Waals surface area contributed by atoms with Crippen LogP contribution in [0.4, 0.5) is 34.1 Å². The van der Waals surface area contributed by atoms with Crippen LogP contribution in [0.3, 0.4) is 0 Å². The van der Waals surface area contributed by atoms with Crippen molar-refractivity contribution < 1.29 is 4.74 Å². The Kier molecular flexibility index (Phi) is 4.89. The summed E-state index contributed by atoms with van der Waals surface area (Å²) < 4.78 is 9.18. The first-order valence-corrected chi connectivity index (χ1v) is 16.2. The molecule has 5 heteroatoms. The molecule has 0 fully saturated rings. The Labute approximate surface area is 272 Å². The van der Waals surface area contributed by atoms with Gasteiger partial charge >= 0.3 is 0 Å². The number of hydrogen-bond acceptors (Lipinski definition) is 3. The predicted octanol–water partition coefficient (Wildman–Crippen LogP) is 8.97. The van der Waals surface area contributed by atoms with Crippen LogP contribution in [0, 0.1) is 0 Å². The number of ether oxygens (including phenoxy) is 1. The molecule has 0 bridgehead atoms. The van der Waals surface area contributed by atoms with E-state index in [2.05, 4.69) is 172 Å². The largest absolute Gasteiger partial charge is 0.458 e. The minimum absolute atomic E-state index is 0.0401. The van der Waals surface area contributed by atoms with Crippen LogP contribution in [0.15, 0.2) is 158 Å². The molecule has 0 unspecified atom stereocenters. The van der Waals surface area contributed by atoms with Crippen molar-refractivity contribution >= 4 is 79.0 Å². The molecule has 3 aliphatic heterocycles. The number of para-hydroxylation sites is 4. The van der Waals surface area contributed by atoms with Crippen LogP contribution in [0.25, 0.3) is 27.5 Å². The summed E-state index contributed by atoms with van der Waals surface area (Å²) in [4.78, 5) is 4.88. The molecule has 3 aliphatic rings. The van der Waals surface area contributed by atoms with Crippen molar-refractivity contribution in [3.63, 3.8) is 0 Å². The number of hydrogen-bond donors (Lipinski definition) is 0. The quantitative estimate of drug-likeness (QED) is 0.189. The van der Waals surface area contributed by atoms with Gasteiger partial charge in [-0.25, -0.2) is 0 Å². The molecular formula is C42H26BN3O. The van der Waals surface area contributed by atoms with Crippen molar-refractivity contribution in [2.45, 2.75) is 0 Å². The van der Waals surface area contributed by atoms with E-state index >= 15 is 0 Å². The minimum Gasteiger partial charge on any atom is -0.458 e. The van der Waals surface area contributed by atoms with E-state index in [-0.39, 0.29) is 6.71 Å². The van der Waals surface area contributed by atoms with E-state index < -0.39 is 0 Å². The Balaban J connectivity index is 1.32. The van der Waals surface area contributed by atoms with E-state index in [9.17, 15) is 0 Å². The fourth-order valence-electron chi connectivity index (χ4n) is 8.34. The average molecular weight is 600 g/mol. The average Bonchev–Trinajstić information content (AvgIpc) is 3.47. The molecule has 0 aliphatic carbocycles. The highest BCUT2D eigenvalue weighted by atomic mass is 16.5. The first-order valence-electron chi connectivity index (χ1n) is 16.2. The topological polar surface area (TPSA) is 20.6 Å². The van der Waals surface area contributed by atoms with Crippen molar-refractivity contribution in [2.24, 2.45) is 0 Å². The number of benzene rings is 7. The third-order valence-corrected chi connectivity index (χ3v) is 10.1. The number of aromatic nitrogens is 1. The van der Waals surface area contributed by atoms with Gasteiger partial charge in [0.1, 0.15) is 11.5 Å². The normalized spacial score (nSPS) is 13.6. The summed E-state index contributed by atoms with van der Waals surface area (Å²) in [6.07, 6.45) is 0. The fourth-order valence-corrected chi connectivity index (χ4v) is 8.34. The van der Waals surface area contributed by atoms with Gasteiger partial charge in [0.25, 0.3) is 6.71 Å². The van der Waals surface area contributed by atoms with Crippen molar-refractivity contribution in [1.29, 1.82) is 0 Å². The molecule has 0 radical (unpaired) electrons. The Hall–Kier alpha value is -6.20. The Morgan fingerprint density at radius 2 is 0.851 bits per heavy atom. The zero-order valence-electron chi connectivity index (χ0n) is 25.3. The van der Waals surface area contributed by atoms with Gasteiger partial charge in [0.15, 0.2) is 0 Å². The first kappa shape index (κ1) is 25.0. The Bertz CT molecular complexity index is 2400. The van der Waals surface area contributed by atoms with E-state index in [1.807, 2.05) is 0 Å². The zero-order valence-corrected chi connectivity index (χ0v) is 25.3. The Morgan fingerprint density at radius 1 is 0.383 bits per heavy atom. The lowest BCUT2D eigenvalue weighted by molar-refractivity contribution is 0.487. The van der Waals surface area contributed by atoms with Crippen LogP contribution >= 0.6 is 0 Å². The highest BCUT2D eigenvalue weighted by Crippen LogP contribution is 2.49. The van der Waals surface area contributed by atoms with E-state index in [1.54, 1.807) is 0 Å². The van der Waals surface area contributed by atoms with Gasteiger partial charge in [-0.15, -0.1) is 0 Å². The van der Waals surface area contributed by atoms with Crippen LogP contribution < -0.4 is 30.9 Å². The lowest BCUT2D eigenvalue weighted by Gasteiger charge is -2.46. The molecule has 1 aromatic heterocycles. The molecule has 0 N–H and O–H groups in total. The van der Waals surface area contributed by atoms with E-state index in [4.69, 9.17) is 4.74 Å². The number of nitrogens with zero attached hydrogens (tertiary/aromatic N) is 3. The summed E-state index contributed by atoms with van der Waals surface area (Å²) >= 11 is 0. The van der Waals surface area contributed by atoms with Crippen molar-refractivity contribution in [2.75, 3.05) is 9.80 Å². The minimum atomic E-state index is 0.0401. The fraction of sp³-hybridized carbons (Fsp3) is 0. The summed E-state index contributed by atoms with van der Waals surface area (Å²) in [7, 11) is 0. The van der Waals surface area contributed by atoms with E-state index in [0.717, 1.165) is 39.9 Å². The van der Waals surface area contributed by atoms with Gasteiger partial charge in [-0.3, -0.25) is 0 Å². The molecule has 0 spiro atoms. The lowest BCUT2D eigenvalue weighted by Crippen LogP contribution is -2.63. The zero-order chi connectivity index (χ0) is 30.6. The van der Waals surface area contributed by atoms with Crippen molar-refractivity contribution in [1.82, 2.24) is 4.57 Å². The molecule has 0 atom stereocenters. The molecule has 0 amide bonds. The summed E-state index contributed by atoms with van der Waals surface area (Å²) in [6.45, 7) is 0.0401. The molecule has 7 aromatic carbocycles. The maximum Gasteiger partial charge on any atom is 0.261 e. The maximum atomic E-state index is 6.74. The van der Waals surface area contributed by atoms with Gasteiger partial charge in [0.05, 0.1) is 16.7 Å². The third kappa shape index (κ3) is 3.27. The second kappa shape index (κ2) is 9.18. The molecule has 0 saturated carbocycles. The number of anilines is 6. The van der Waals surface area contributed by atoms with E-state index in [1.165, 1.54) is 49.6 Å². The van der Waals surface area contributed by atoms with Crippen LogP contribution in [0.1, 0.15) is 0 Å². The lowest BCUT2D eigenvalue weighted by atomic mass is 9.32. The second-order valence-corrected chi connectivity index (χ2v) is 12.5. The maximum absolute atomic E-state index is 6.74. The molecular weight excluding hydrogens is 573 g/mol. The van der Waals surface area contributed by atoms with Gasteiger partial charge < -0.3 is 19.1 Å². The molecule has 8 aromatic rings. The SMILES string of the molecule is c1ccc(N2c3cccc4c3B3c5c(cccc5N(c5ccccc5)c5cc(-n6c7ccccc7c7ccccc76)cc2c53)O4)cc1. The van der Waals surface area contributed by atoms with Crippen LogP contribution in [0.5, 0.6) is 11.5 Å². The molecule has 0 saturated heterocycles. The molecule has 218 valence electrons. The predicted molar refractivity (Wildman–Crippen MR) is 195 cm³/mol. The summed E-state index contributed by atoms with van der Waals surface area (Å²) in [5.74, 6) is 1.85.